The van der Waals surface area contributed by atoms with Crippen LogP contribution in [0, 0.1) is 17.3 Å². The zero-order valence-corrected chi connectivity index (χ0v) is 22.8. The normalized spacial score (nSPS) is 23.9. The lowest BCUT2D eigenvalue weighted by Crippen LogP contribution is -2.52. The lowest BCUT2D eigenvalue weighted by molar-refractivity contribution is -0.131. The van der Waals surface area contributed by atoms with Crippen LogP contribution in [0.5, 0.6) is 11.5 Å². The van der Waals surface area contributed by atoms with Gasteiger partial charge in [0.1, 0.15) is 0 Å². The van der Waals surface area contributed by atoms with Crippen molar-refractivity contribution in [2.24, 2.45) is 17.3 Å². The third-order valence-corrected chi connectivity index (χ3v) is 9.27. The number of unbranched alkanes of at least 4 members (excludes halogenated alkanes) is 2. The van der Waals surface area contributed by atoms with E-state index in [4.69, 9.17) is 9.47 Å². The zero-order valence-electron chi connectivity index (χ0n) is 22.8. The number of hydrogen-bond acceptors (Lipinski definition) is 5. The average molecular weight is 510 g/mol. The molecule has 1 saturated carbocycles. The largest absolute Gasteiger partial charge is 0.454 e. The molecule has 0 aromatic heterocycles. The summed E-state index contributed by atoms with van der Waals surface area (Å²) in [6, 6.07) is 5.41. The second kappa shape index (κ2) is 11.1. The highest BCUT2D eigenvalue weighted by molar-refractivity contribution is 5.95. The van der Waals surface area contributed by atoms with E-state index in [1.165, 1.54) is 12.0 Å². The van der Waals surface area contributed by atoms with Gasteiger partial charge < -0.3 is 19.3 Å². The molecule has 2 heterocycles. The van der Waals surface area contributed by atoms with Crippen LogP contribution in [0.25, 0.3) is 0 Å². The van der Waals surface area contributed by atoms with E-state index < -0.39 is 0 Å². The third kappa shape index (κ3) is 5.52. The highest BCUT2D eigenvalue weighted by Gasteiger charge is 2.51. The second-order valence-electron chi connectivity index (χ2n) is 11.8. The average Bonchev–Trinajstić information content (AvgIpc) is 3.39. The molecule has 202 valence electrons. The van der Waals surface area contributed by atoms with Crippen LogP contribution in [0.15, 0.2) is 29.8 Å². The van der Waals surface area contributed by atoms with E-state index in [0.29, 0.717) is 53.8 Å². The fraction of sp³-hybridized carbons (Fsp3) is 0.667. The summed E-state index contributed by atoms with van der Waals surface area (Å²) in [4.78, 5) is 32.7. The molecule has 1 saturated heterocycles. The van der Waals surface area contributed by atoms with E-state index in [2.05, 4.69) is 36.6 Å². The molecule has 1 aromatic rings. The molecular formula is C30H43N3O4. The van der Waals surface area contributed by atoms with Crippen LogP contribution in [0.1, 0.15) is 69.7 Å². The first-order valence-electron chi connectivity index (χ1n) is 14.2. The summed E-state index contributed by atoms with van der Waals surface area (Å²) in [6.45, 7) is 12.6. The molecule has 2 bridgehead atoms. The molecule has 0 N–H and O–H groups in total. The van der Waals surface area contributed by atoms with Crippen LogP contribution >= 0.6 is 0 Å². The molecule has 37 heavy (non-hydrogen) atoms. The fourth-order valence-corrected chi connectivity index (χ4v) is 6.50. The topological polar surface area (TPSA) is 62.3 Å². The highest BCUT2D eigenvalue weighted by Crippen LogP contribution is 2.59. The van der Waals surface area contributed by atoms with E-state index in [1.54, 1.807) is 6.07 Å². The minimum absolute atomic E-state index is 0.0383. The summed E-state index contributed by atoms with van der Waals surface area (Å²) in [5, 5.41) is 0. The monoisotopic (exact) mass is 509 g/mol. The molecular weight excluding hydrogens is 466 g/mol. The van der Waals surface area contributed by atoms with Crippen molar-refractivity contribution in [2.45, 2.75) is 59.3 Å². The molecule has 2 atom stereocenters. The molecule has 1 aromatic carbocycles. The summed E-state index contributed by atoms with van der Waals surface area (Å²) in [6.07, 6.45) is 8.74. The van der Waals surface area contributed by atoms with Crippen molar-refractivity contribution < 1.29 is 19.1 Å². The second-order valence-corrected chi connectivity index (χ2v) is 11.8. The van der Waals surface area contributed by atoms with Gasteiger partial charge in [0.25, 0.3) is 5.91 Å². The van der Waals surface area contributed by atoms with Crippen LogP contribution < -0.4 is 9.47 Å². The van der Waals surface area contributed by atoms with E-state index >= 15 is 0 Å². The number of rotatable bonds is 10. The van der Waals surface area contributed by atoms with E-state index in [1.807, 2.05) is 17.0 Å². The predicted molar refractivity (Wildman–Crippen MR) is 144 cm³/mol. The maximum absolute atomic E-state index is 13.2. The number of benzene rings is 1. The Balaban J connectivity index is 1.14. The summed E-state index contributed by atoms with van der Waals surface area (Å²) in [5.41, 5.74) is 2.50. The smallest absolute Gasteiger partial charge is 0.254 e. The molecule has 7 nitrogen and oxygen atoms in total. The Hall–Kier alpha value is -2.54. The third-order valence-electron chi connectivity index (χ3n) is 9.27. The molecule has 0 spiro atoms. The van der Waals surface area contributed by atoms with Gasteiger partial charge in [-0.05, 0) is 54.7 Å². The first-order valence-corrected chi connectivity index (χ1v) is 14.2. The van der Waals surface area contributed by atoms with Gasteiger partial charge in [0.2, 0.25) is 12.7 Å². The number of nitrogens with zero attached hydrogens (tertiary/aromatic N) is 3. The van der Waals surface area contributed by atoms with Crippen LogP contribution in [0.2, 0.25) is 0 Å². The van der Waals surface area contributed by atoms with Crippen molar-refractivity contribution in [1.82, 2.24) is 14.7 Å². The molecule has 5 aliphatic rings. The van der Waals surface area contributed by atoms with Crippen LogP contribution in [0.3, 0.4) is 0 Å². The van der Waals surface area contributed by atoms with Crippen molar-refractivity contribution in [1.29, 1.82) is 0 Å². The van der Waals surface area contributed by atoms with Crippen LogP contribution in [0.4, 0.5) is 0 Å². The van der Waals surface area contributed by atoms with E-state index in [0.717, 1.165) is 64.3 Å². The predicted octanol–water partition coefficient (Wildman–Crippen LogP) is 4.57. The van der Waals surface area contributed by atoms with Crippen molar-refractivity contribution in [3.63, 3.8) is 0 Å². The number of piperazine rings is 1. The van der Waals surface area contributed by atoms with Crippen molar-refractivity contribution in [3.8, 4) is 11.5 Å². The maximum atomic E-state index is 13.2. The van der Waals surface area contributed by atoms with Gasteiger partial charge in [-0.1, -0.05) is 45.3 Å². The first kappa shape index (κ1) is 26.1. The number of allylic oxidation sites excluding steroid dienone is 1. The van der Waals surface area contributed by atoms with Crippen molar-refractivity contribution in [3.05, 3.63) is 35.4 Å². The number of hydrogen-bond donors (Lipinski definition) is 0. The molecule has 2 unspecified atom stereocenters. The Bertz CT molecular complexity index is 1030. The minimum atomic E-state index is 0.0383. The molecule has 6 rings (SSSR count). The van der Waals surface area contributed by atoms with Crippen LogP contribution in [-0.2, 0) is 4.79 Å². The Morgan fingerprint density at radius 3 is 2.59 bits per heavy atom. The molecule has 2 fully saturated rings. The number of fused-ring (bicyclic) bond motifs is 2. The number of carbonyl (C=O) groups is 2. The Morgan fingerprint density at radius 1 is 1.08 bits per heavy atom. The zero-order chi connectivity index (χ0) is 26.0. The molecule has 0 radical (unpaired) electrons. The Kier molecular flexibility index (Phi) is 7.80. The summed E-state index contributed by atoms with van der Waals surface area (Å²) in [7, 11) is 0. The molecule has 7 heteroatoms. The number of ether oxygens (including phenoxy) is 2. The van der Waals surface area contributed by atoms with E-state index in [-0.39, 0.29) is 12.7 Å². The quantitative estimate of drug-likeness (QED) is 0.341. The van der Waals surface area contributed by atoms with Gasteiger partial charge in [0.15, 0.2) is 11.5 Å². The summed E-state index contributed by atoms with van der Waals surface area (Å²) < 4.78 is 10.8. The standard InChI is InChI=1S/C30H43N3O4/c1-4-5-6-7-28(34)33(20-23-8-10-24-19-25(23)30(24,2)3)17-14-31-12-15-32(16-13-31)29(35)22-9-11-26-27(18-22)37-21-36-26/h8-9,11,18,24-25H,4-7,10,12-17,19-21H2,1-3H3. The van der Waals surface area contributed by atoms with Gasteiger partial charge in [0.05, 0.1) is 0 Å². The van der Waals surface area contributed by atoms with Gasteiger partial charge in [-0.25, -0.2) is 0 Å². The van der Waals surface area contributed by atoms with Gasteiger partial charge >= 0.3 is 0 Å². The molecule has 3 aliphatic carbocycles. The SMILES string of the molecule is CCCCCC(=O)N(CCN1CCN(C(=O)c2ccc3c(c2)OCO3)CC1)CC1=CCC2CC1C2(C)C. The number of carbonyl (C=O) groups excluding carboxylic acids is 2. The van der Waals surface area contributed by atoms with Gasteiger partial charge in [-0.3, -0.25) is 14.5 Å². The lowest BCUT2D eigenvalue weighted by atomic mass is 9.49. The van der Waals surface area contributed by atoms with Crippen molar-refractivity contribution >= 4 is 11.8 Å². The van der Waals surface area contributed by atoms with Gasteiger partial charge in [-0.2, -0.15) is 0 Å². The van der Waals surface area contributed by atoms with Gasteiger partial charge in [-0.15, -0.1) is 0 Å². The molecule has 2 aliphatic heterocycles. The highest BCUT2D eigenvalue weighted by atomic mass is 16.7. The summed E-state index contributed by atoms with van der Waals surface area (Å²) >= 11 is 0. The fourth-order valence-electron chi connectivity index (χ4n) is 6.50. The van der Waals surface area contributed by atoms with Crippen LogP contribution in [-0.4, -0.2) is 79.1 Å². The van der Waals surface area contributed by atoms with Crippen molar-refractivity contribution in [2.75, 3.05) is 52.6 Å². The Labute approximate surface area is 221 Å². The Morgan fingerprint density at radius 2 is 1.86 bits per heavy atom. The molecule has 2 amide bonds. The van der Waals surface area contributed by atoms with Gasteiger partial charge in [0, 0.05) is 57.8 Å². The number of amides is 2. The first-order chi connectivity index (χ1) is 17.9. The lowest BCUT2D eigenvalue weighted by Gasteiger charge is -2.57. The van der Waals surface area contributed by atoms with E-state index in [9.17, 15) is 9.59 Å². The summed E-state index contributed by atoms with van der Waals surface area (Å²) in [5.74, 6) is 3.11. The minimum Gasteiger partial charge on any atom is -0.454 e. The maximum Gasteiger partial charge on any atom is 0.254 e.